The fourth-order valence-electron chi connectivity index (χ4n) is 24.5. The summed E-state index contributed by atoms with van der Waals surface area (Å²) >= 11 is 0. The third-order valence-corrected chi connectivity index (χ3v) is 24.6. The van der Waals surface area contributed by atoms with Crippen LogP contribution in [-0.2, 0) is 5.41 Å². The number of carbonyl (C=O) groups excluding carboxylic acids is 1. The average Bonchev–Trinajstić information content (AvgIpc) is 4.24. The second-order valence-corrected chi connectivity index (χ2v) is 24.8. The molecule has 4 aliphatic rings. The number of benzene rings is 19. The number of hydrogen-bond donors (Lipinski definition) is 0. The van der Waals surface area contributed by atoms with Gasteiger partial charge in [-0.05, 0) is 319 Å². The molecular weight excluding hydrogens is 821 g/mol. The highest BCUT2D eigenvalue weighted by atomic mass is 16.1. The van der Waals surface area contributed by atoms with Gasteiger partial charge in [0.15, 0.2) is 0 Å². The normalized spacial score (nSPS) is 20.9. The van der Waals surface area contributed by atoms with E-state index in [4.69, 9.17) is 0 Å². The minimum atomic E-state index is -0.424. The first kappa shape index (κ1) is 24.8. The Morgan fingerprint density at radius 2 is 0.412 bits per heavy atom. The zero-order valence-electron chi connectivity index (χ0n) is 34.4. The summed E-state index contributed by atoms with van der Waals surface area (Å²) in [7, 11) is 0. The van der Waals surface area contributed by atoms with E-state index in [9.17, 15) is 4.79 Å². The lowest BCUT2D eigenvalue weighted by Gasteiger charge is -2.46. The van der Waals surface area contributed by atoms with Crippen LogP contribution < -0.4 is 0 Å². The molecule has 0 N–H and O–H groups in total. The molecule has 1 heteroatoms. The van der Waals surface area contributed by atoms with Gasteiger partial charge in [0.1, 0.15) is 6.29 Å². The first-order chi connectivity index (χ1) is 33.9. The Hall–Kier alpha value is -8.65. The van der Waals surface area contributed by atoms with Crippen LogP contribution in [-0.4, -0.2) is 6.29 Å². The molecule has 0 spiro atoms. The molecule has 29 aromatic carbocycles. The van der Waals surface area contributed by atoms with E-state index in [-0.39, 0.29) is 5.92 Å². The smallest absolute Gasteiger partial charge is 0.150 e. The van der Waals surface area contributed by atoms with Gasteiger partial charge >= 0.3 is 0 Å². The Labute approximate surface area is 369 Å². The quantitative estimate of drug-likeness (QED) is 0.125. The van der Waals surface area contributed by atoms with Crippen LogP contribution in [0.2, 0.25) is 0 Å². The van der Waals surface area contributed by atoms with Gasteiger partial charge in [0.05, 0.1) is 5.41 Å². The first-order valence-electron chi connectivity index (χ1n) is 25.2. The minimum Gasteiger partial charge on any atom is -0.298 e. The van der Waals surface area contributed by atoms with Crippen LogP contribution in [0, 0.1) is 0 Å². The van der Waals surface area contributed by atoms with Crippen LogP contribution in [0.15, 0.2) is 24.3 Å². The fraction of sp³-hybridized carbons (Fsp3) is 0.0299. The molecule has 0 fully saturated rings. The summed E-state index contributed by atoms with van der Waals surface area (Å²) in [4.78, 5) is 12.6. The van der Waals surface area contributed by atoms with Crippen molar-refractivity contribution in [3.05, 3.63) is 57.6 Å². The van der Waals surface area contributed by atoms with Crippen molar-refractivity contribution >= 4 is 297 Å². The topological polar surface area (TPSA) is 17.1 Å². The molecule has 0 saturated carbocycles. The lowest BCUT2D eigenvalue weighted by Crippen LogP contribution is -2.38. The number of carbonyl (C=O) groups is 1. The Morgan fingerprint density at radius 1 is 0.235 bits per heavy atom. The van der Waals surface area contributed by atoms with E-state index in [1.54, 1.807) is 313 Å². The molecule has 0 radical (unpaired) electrons. The lowest BCUT2D eigenvalue weighted by atomic mass is 9.55. The van der Waals surface area contributed by atoms with Crippen molar-refractivity contribution in [1.82, 2.24) is 0 Å². The molecule has 0 unspecified atom stereocenters. The monoisotopic (exact) mass is 826 g/mol. The van der Waals surface area contributed by atoms with E-state index < -0.39 is 5.41 Å². The summed E-state index contributed by atoms with van der Waals surface area (Å²) < 4.78 is 0. The summed E-state index contributed by atoms with van der Waals surface area (Å²) in [5, 5.41) is 88.1. The molecule has 1 nitrogen and oxygen atoms in total. The van der Waals surface area contributed by atoms with Crippen molar-refractivity contribution in [2.24, 2.45) is 0 Å². The molecule has 0 bridgehead atoms. The molecule has 4 aliphatic carbocycles. The van der Waals surface area contributed by atoms with E-state index in [2.05, 4.69) is 24.3 Å². The molecule has 0 saturated heterocycles. The average molecular weight is 827 g/mol. The van der Waals surface area contributed by atoms with Crippen LogP contribution in [0.4, 0.5) is 0 Å². The van der Waals surface area contributed by atoms with E-state index >= 15 is 0 Å². The minimum absolute atomic E-state index is 0.162. The lowest BCUT2D eigenvalue weighted by molar-refractivity contribution is 0.112. The molecule has 68 heavy (non-hydrogen) atoms. The van der Waals surface area contributed by atoms with E-state index in [1.807, 2.05) is 0 Å². The van der Waals surface area contributed by atoms with Crippen LogP contribution >= 0.6 is 0 Å². The van der Waals surface area contributed by atoms with Gasteiger partial charge in [-0.2, -0.15) is 0 Å². The zero-order chi connectivity index (χ0) is 40.3. The molecule has 0 heterocycles. The van der Waals surface area contributed by atoms with Gasteiger partial charge in [0, 0.05) is 11.5 Å². The van der Waals surface area contributed by atoms with Gasteiger partial charge < -0.3 is 0 Å². The number of rotatable bonds is 2. The highest BCUT2D eigenvalue weighted by Crippen LogP contribution is 2.84. The molecule has 0 atom stereocenters. The summed E-state index contributed by atoms with van der Waals surface area (Å²) in [5.74, 6) is 0.162. The summed E-state index contributed by atoms with van der Waals surface area (Å²) in [5.41, 5.74) is 8.42. The van der Waals surface area contributed by atoms with Crippen molar-refractivity contribution in [2.45, 2.75) is 11.3 Å². The first-order valence-corrected chi connectivity index (χ1v) is 25.2. The van der Waals surface area contributed by atoms with Gasteiger partial charge in [0.2, 0.25) is 0 Å². The molecule has 0 amide bonds. The molecule has 0 aliphatic heterocycles. The summed E-state index contributed by atoms with van der Waals surface area (Å²) in [6, 6.07) is 9.23. The Kier molecular flexibility index (Phi) is 2.03. The Morgan fingerprint density at radius 3 is 0.632 bits per heavy atom. The Bertz CT molecular complexity index is 7080. The van der Waals surface area contributed by atoms with Gasteiger partial charge in [0.25, 0.3) is 0 Å². The van der Waals surface area contributed by atoms with E-state index in [0.29, 0.717) is 0 Å². The number of hydrogen-bond acceptors (Lipinski definition) is 1. The third kappa shape index (κ3) is 1.29. The summed E-state index contributed by atoms with van der Waals surface area (Å²) in [6.07, 6.45) is 1.07. The molecule has 0 aromatic heterocycles. The molecule has 33 rings (SSSR count). The van der Waals surface area contributed by atoms with Crippen molar-refractivity contribution in [2.75, 3.05) is 0 Å². The van der Waals surface area contributed by atoms with Gasteiger partial charge in [-0.25, -0.2) is 0 Å². The van der Waals surface area contributed by atoms with Gasteiger partial charge in [-0.15, -0.1) is 0 Å². The zero-order valence-corrected chi connectivity index (χ0v) is 34.4. The predicted molar refractivity (Wildman–Crippen MR) is 286 cm³/mol. The van der Waals surface area contributed by atoms with Gasteiger partial charge in [-0.1, -0.05) is 24.3 Å². The number of aldehydes is 1. The molecular formula is C67H6O. The summed E-state index contributed by atoms with van der Waals surface area (Å²) in [6.45, 7) is 0. The second kappa shape index (κ2) is 5.59. The predicted octanol–water partition coefficient (Wildman–Crippen LogP) is 18.0. The SMILES string of the molecule is O=Cc1ccc(C23c4c5c6c7c8c9c(c%10c%11c2c2c4c4c%12c5c5c6c6c8c8c%13c9c9c%10c%10c%11c%11c2c2c4c4c%12c%12c5c5c6c8c6c8c%13c9c9c%10c%10c%11c2c2c4c4c%12c5c6c5c8c9c%10c2c45)C73)cc1. The standard InChI is InChI=1S/C67H6O/c68-5-6-1-3-7(4-2-6)67-64-60-54-40-32-24-12-9-8-10-13(12)25-27-23-17(10)19-15-11(8)14-18-16(9)22-26(24)38(40)46-44-30(22)28(18)36-34-20(14)21(15)35-37-29(19)31(23)45-47-39(27)41(33(25)32)55(54)61(64)57(47)59-51(45)49(37)53-43(35)42(34)52-48(36)50(44)58(56(46)60)65(67)62(52)63(53)66(59)67/h1-5,64H. The second-order valence-electron chi connectivity index (χ2n) is 24.8. The van der Waals surface area contributed by atoms with Crippen LogP contribution in [0.1, 0.15) is 44.1 Å². The van der Waals surface area contributed by atoms with Crippen LogP contribution in [0.5, 0.6) is 0 Å². The Balaban J connectivity index is 1.22. The van der Waals surface area contributed by atoms with Crippen molar-refractivity contribution in [3.63, 3.8) is 0 Å². The van der Waals surface area contributed by atoms with Crippen LogP contribution in [0.25, 0.3) is 291 Å². The maximum atomic E-state index is 12.6. The molecule has 280 valence electrons. The van der Waals surface area contributed by atoms with Crippen LogP contribution in [0.3, 0.4) is 0 Å². The largest absolute Gasteiger partial charge is 0.298 e. The third-order valence-electron chi connectivity index (χ3n) is 24.6. The maximum Gasteiger partial charge on any atom is 0.150 e. The van der Waals surface area contributed by atoms with E-state index in [1.165, 1.54) is 5.56 Å². The highest BCUT2D eigenvalue weighted by molar-refractivity contribution is 6.82. The van der Waals surface area contributed by atoms with Crippen molar-refractivity contribution in [1.29, 1.82) is 0 Å². The maximum absolute atomic E-state index is 12.6. The van der Waals surface area contributed by atoms with Gasteiger partial charge in [-0.3, -0.25) is 4.79 Å². The fourth-order valence-corrected chi connectivity index (χ4v) is 24.5. The van der Waals surface area contributed by atoms with E-state index in [0.717, 1.165) is 11.8 Å². The highest BCUT2D eigenvalue weighted by Gasteiger charge is 2.63. The van der Waals surface area contributed by atoms with Crippen molar-refractivity contribution in [3.8, 4) is 0 Å². The van der Waals surface area contributed by atoms with Crippen molar-refractivity contribution < 1.29 is 4.79 Å². The molecule has 29 aromatic rings.